The average Bonchev–Trinajstić information content (AvgIpc) is 2.39. The molecule has 3 atom stereocenters. The molecule has 2 aliphatic rings. The van der Waals surface area contributed by atoms with Gasteiger partial charge in [-0.05, 0) is 44.7 Å². The summed E-state index contributed by atoms with van der Waals surface area (Å²) in [5, 5.41) is 10.3. The zero-order valence-corrected chi connectivity index (χ0v) is 11.9. The van der Waals surface area contributed by atoms with Crippen LogP contribution in [0.4, 0.5) is 13.2 Å². The van der Waals surface area contributed by atoms with Crippen molar-refractivity contribution in [2.75, 3.05) is 0 Å². The van der Waals surface area contributed by atoms with Crippen LogP contribution in [0, 0.1) is 12.8 Å². The topological polar surface area (TPSA) is 29.5 Å². The standard InChI is InChI=1S/C16H19F3O2/c1-10-4-5-14-12(7-10)13(20)9-15(21-14)6-2-3-11(8-15)16(17,18)19/h4-5,7,11,13,20H,2-3,6,8-9H2,1H3/t11?,13-,15?/m0/s1. The minimum atomic E-state index is -4.19. The van der Waals surface area contributed by atoms with E-state index in [1.165, 1.54) is 0 Å². The third kappa shape index (κ3) is 2.76. The number of aliphatic hydroxyl groups excluding tert-OH is 1. The summed E-state index contributed by atoms with van der Waals surface area (Å²) >= 11 is 0. The van der Waals surface area contributed by atoms with Crippen LogP contribution in [0.3, 0.4) is 0 Å². The van der Waals surface area contributed by atoms with Gasteiger partial charge in [0.05, 0.1) is 12.0 Å². The Kier molecular flexibility index (Phi) is 3.43. The summed E-state index contributed by atoms with van der Waals surface area (Å²) in [4.78, 5) is 0. The highest BCUT2D eigenvalue weighted by Crippen LogP contribution is 2.50. The molecule has 21 heavy (non-hydrogen) atoms. The predicted octanol–water partition coefficient (Wildman–Crippen LogP) is 4.30. The second kappa shape index (κ2) is 4.90. The molecule has 1 aliphatic heterocycles. The molecule has 0 saturated heterocycles. The first kappa shape index (κ1) is 14.7. The first-order valence-corrected chi connectivity index (χ1v) is 7.33. The maximum absolute atomic E-state index is 13.0. The van der Waals surface area contributed by atoms with Crippen LogP contribution in [0.15, 0.2) is 18.2 Å². The molecular formula is C16H19F3O2. The third-order valence-corrected chi connectivity index (χ3v) is 4.68. The van der Waals surface area contributed by atoms with Crippen LogP contribution in [0.1, 0.15) is 49.3 Å². The lowest BCUT2D eigenvalue weighted by atomic mass is 9.73. The first-order valence-electron chi connectivity index (χ1n) is 7.33. The van der Waals surface area contributed by atoms with Crippen molar-refractivity contribution in [3.05, 3.63) is 29.3 Å². The van der Waals surface area contributed by atoms with E-state index in [1.807, 2.05) is 19.1 Å². The van der Waals surface area contributed by atoms with Gasteiger partial charge in [-0.1, -0.05) is 11.6 Å². The van der Waals surface area contributed by atoms with Gasteiger partial charge in [0, 0.05) is 12.0 Å². The molecule has 1 saturated carbocycles. The number of halogens is 3. The number of benzene rings is 1. The molecule has 5 heteroatoms. The molecule has 0 bridgehead atoms. The van der Waals surface area contributed by atoms with Crippen LogP contribution in [0.5, 0.6) is 5.75 Å². The summed E-state index contributed by atoms with van der Waals surface area (Å²) in [6, 6.07) is 5.46. The minimum Gasteiger partial charge on any atom is -0.487 e. The molecular weight excluding hydrogens is 281 g/mol. The molecule has 1 aromatic rings. The van der Waals surface area contributed by atoms with Crippen molar-refractivity contribution in [3.8, 4) is 5.75 Å². The van der Waals surface area contributed by atoms with Gasteiger partial charge in [0.15, 0.2) is 0 Å². The fourth-order valence-corrected chi connectivity index (χ4v) is 3.64. The van der Waals surface area contributed by atoms with Crippen molar-refractivity contribution in [1.82, 2.24) is 0 Å². The van der Waals surface area contributed by atoms with E-state index in [1.54, 1.807) is 6.07 Å². The summed E-state index contributed by atoms with van der Waals surface area (Å²) in [6.07, 6.45) is -3.53. The van der Waals surface area contributed by atoms with Gasteiger partial charge in [-0.15, -0.1) is 0 Å². The van der Waals surface area contributed by atoms with Crippen molar-refractivity contribution >= 4 is 0 Å². The van der Waals surface area contributed by atoms with Gasteiger partial charge < -0.3 is 9.84 Å². The van der Waals surface area contributed by atoms with E-state index >= 15 is 0 Å². The summed E-state index contributed by atoms with van der Waals surface area (Å²) in [7, 11) is 0. The van der Waals surface area contributed by atoms with Crippen LogP contribution in [-0.4, -0.2) is 16.9 Å². The molecule has 2 nitrogen and oxygen atoms in total. The van der Waals surface area contributed by atoms with Crippen molar-refractivity contribution < 1.29 is 23.0 Å². The first-order chi connectivity index (χ1) is 9.79. The maximum atomic E-state index is 13.0. The molecule has 0 aromatic heterocycles. The lowest BCUT2D eigenvalue weighted by molar-refractivity contribution is -0.201. The molecule has 1 fully saturated rings. The number of hydrogen-bond donors (Lipinski definition) is 1. The average molecular weight is 300 g/mol. The zero-order valence-electron chi connectivity index (χ0n) is 11.9. The third-order valence-electron chi connectivity index (χ3n) is 4.68. The minimum absolute atomic E-state index is 0.0547. The van der Waals surface area contributed by atoms with Crippen molar-refractivity contribution in [2.45, 2.75) is 56.9 Å². The fraction of sp³-hybridized carbons (Fsp3) is 0.625. The molecule has 1 aromatic carbocycles. The summed E-state index contributed by atoms with van der Waals surface area (Å²) in [5.74, 6) is -0.798. The Labute approximate surface area is 121 Å². The Bertz CT molecular complexity index is 541. The monoisotopic (exact) mass is 300 g/mol. The number of rotatable bonds is 0. The van der Waals surface area contributed by atoms with E-state index in [9.17, 15) is 18.3 Å². The Morgan fingerprint density at radius 1 is 1.29 bits per heavy atom. The van der Waals surface area contributed by atoms with Crippen LogP contribution in [0.25, 0.3) is 0 Å². The van der Waals surface area contributed by atoms with Gasteiger partial charge in [-0.25, -0.2) is 0 Å². The second-order valence-electron chi connectivity index (χ2n) is 6.38. The van der Waals surface area contributed by atoms with Gasteiger partial charge in [-0.3, -0.25) is 0 Å². The number of aliphatic hydroxyl groups is 1. The molecule has 1 aliphatic carbocycles. The predicted molar refractivity (Wildman–Crippen MR) is 72.1 cm³/mol. The van der Waals surface area contributed by atoms with Gasteiger partial charge in [0.1, 0.15) is 11.4 Å². The number of alkyl halides is 3. The van der Waals surface area contributed by atoms with Gasteiger partial charge >= 0.3 is 6.18 Å². The fourth-order valence-electron chi connectivity index (χ4n) is 3.64. The van der Waals surface area contributed by atoms with E-state index < -0.39 is 23.8 Å². The zero-order chi connectivity index (χ0) is 15.3. The normalized spacial score (nSPS) is 32.6. The lowest BCUT2D eigenvalue weighted by Crippen LogP contribution is -2.47. The Morgan fingerprint density at radius 2 is 2.05 bits per heavy atom. The van der Waals surface area contributed by atoms with Gasteiger partial charge in [-0.2, -0.15) is 13.2 Å². The molecule has 1 heterocycles. The highest BCUT2D eigenvalue weighted by atomic mass is 19.4. The van der Waals surface area contributed by atoms with E-state index in [4.69, 9.17) is 4.74 Å². The number of hydrogen-bond acceptors (Lipinski definition) is 2. The smallest absolute Gasteiger partial charge is 0.391 e. The Morgan fingerprint density at radius 3 is 2.76 bits per heavy atom. The largest absolute Gasteiger partial charge is 0.487 e. The van der Waals surface area contributed by atoms with E-state index in [0.717, 1.165) is 5.56 Å². The van der Waals surface area contributed by atoms with E-state index in [0.29, 0.717) is 24.2 Å². The molecule has 2 unspecified atom stereocenters. The molecule has 1 spiro atoms. The second-order valence-corrected chi connectivity index (χ2v) is 6.38. The number of fused-ring (bicyclic) bond motifs is 1. The summed E-state index contributed by atoms with van der Waals surface area (Å²) in [6.45, 7) is 1.91. The van der Waals surface area contributed by atoms with Crippen molar-refractivity contribution in [1.29, 1.82) is 0 Å². The molecule has 116 valence electrons. The lowest BCUT2D eigenvalue weighted by Gasteiger charge is -2.45. The van der Waals surface area contributed by atoms with Crippen LogP contribution >= 0.6 is 0 Å². The number of ether oxygens (including phenoxy) is 1. The highest BCUT2D eigenvalue weighted by molar-refractivity contribution is 5.41. The molecule has 0 amide bonds. The summed E-state index contributed by atoms with van der Waals surface area (Å²) in [5.41, 5.74) is 0.819. The van der Waals surface area contributed by atoms with E-state index in [-0.39, 0.29) is 19.3 Å². The molecule has 3 rings (SSSR count). The highest BCUT2D eigenvalue weighted by Gasteiger charge is 2.51. The van der Waals surface area contributed by atoms with Crippen molar-refractivity contribution in [2.24, 2.45) is 5.92 Å². The van der Waals surface area contributed by atoms with Crippen molar-refractivity contribution in [3.63, 3.8) is 0 Å². The molecule has 1 N–H and O–H groups in total. The maximum Gasteiger partial charge on any atom is 0.391 e. The quantitative estimate of drug-likeness (QED) is 0.774. The van der Waals surface area contributed by atoms with Gasteiger partial charge in [0.25, 0.3) is 0 Å². The number of aryl methyl sites for hydroxylation is 1. The Hall–Kier alpha value is -1.23. The summed E-state index contributed by atoms with van der Waals surface area (Å²) < 4.78 is 45.0. The van der Waals surface area contributed by atoms with Crippen LogP contribution in [-0.2, 0) is 0 Å². The molecule has 0 radical (unpaired) electrons. The van der Waals surface area contributed by atoms with Crippen LogP contribution < -0.4 is 4.74 Å². The van der Waals surface area contributed by atoms with Crippen LogP contribution in [0.2, 0.25) is 0 Å². The Balaban J connectivity index is 1.89. The van der Waals surface area contributed by atoms with E-state index in [2.05, 4.69) is 0 Å². The van der Waals surface area contributed by atoms with Gasteiger partial charge in [0.2, 0.25) is 0 Å². The SMILES string of the molecule is Cc1ccc2c(c1)[C@@H](O)CC1(CCCC(C(F)(F)F)C1)O2.